The van der Waals surface area contributed by atoms with Crippen molar-refractivity contribution in [3.63, 3.8) is 0 Å². The Labute approximate surface area is 244 Å². The molecule has 0 aliphatic heterocycles. The highest BCUT2D eigenvalue weighted by Gasteiger charge is 2.20. The molecule has 1 aromatic heterocycles. The predicted molar refractivity (Wildman–Crippen MR) is 160 cm³/mol. The molecule has 0 aliphatic rings. The highest BCUT2D eigenvalue weighted by molar-refractivity contribution is 7.93. The molecule has 3 amide bonds. The van der Waals surface area contributed by atoms with Crippen LogP contribution in [0.25, 0.3) is 0 Å². The molecule has 1 atom stereocenters. The zero-order valence-electron chi connectivity index (χ0n) is 22.8. The van der Waals surface area contributed by atoms with Crippen LogP contribution >= 0.6 is 23.2 Å². The van der Waals surface area contributed by atoms with E-state index in [2.05, 4.69) is 20.0 Å². The number of nitrogens with zero attached hydrogens (tertiary/aromatic N) is 3. The summed E-state index contributed by atoms with van der Waals surface area (Å²) in [5, 5.41) is 6.07. The second-order valence-corrected chi connectivity index (χ2v) is 12.8. The van der Waals surface area contributed by atoms with Gasteiger partial charge in [-0.05, 0) is 82.3 Å². The number of nitrogens with one attached hydrogen (secondary N) is 2. The highest BCUT2D eigenvalue weighted by atomic mass is 35.5. The van der Waals surface area contributed by atoms with E-state index in [0.717, 1.165) is 0 Å². The average Bonchev–Trinajstić information content (AvgIpc) is 2.89. The van der Waals surface area contributed by atoms with E-state index in [-0.39, 0.29) is 41.3 Å². The average molecular weight is 605 g/mol. The predicted octanol–water partition coefficient (Wildman–Crippen LogP) is 6.00. The normalized spacial score (nSPS) is 12.8. The van der Waals surface area contributed by atoms with Crippen LogP contribution in [0.5, 0.6) is 0 Å². The quantitative estimate of drug-likeness (QED) is 0.309. The van der Waals surface area contributed by atoms with Gasteiger partial charge < -0.3 is 10.6 Å². The van der Waals surface area contributed by atoms with E-state index >= 15 is 0 Å². The van der Waals surface area contributed by atoms with Gasteiger partial charge in [-0.25, -0.2) is 9.19 Å². The summed E-state index contributed by atoms with van der Waals surface area (Å²) in [6.45, 7) is 7.99. The SMILES string of the molecule is CC(C)N(CC(=O)N=S(C)(=O)c1ccc(C(=O)Nc2ccc(Cl)cc2C(=O)Nc2ccc(Cl)cn2)cc1)C(C)C. The number of halogens is 2. The number of amides is 3. The molecule has 0 fully saturated rings. The number of aromatic nitrogens is 1. The first-order chi connectivity index (χ1) is 18.8. The molecule has 0 bridgehead atoms. The minimum absolute atomic E-state index is 0.0612. The summed E-state index contributed by atoms with van der Waals surface area (Å²) in [5.74, 6) is -1.24. The van der Waals surface area contributed by atoms with Gasteiger partial charge in [-0.15, -0.1) is 0 Å². The highest BCUT2D eigenvalue weighted by Crippen LogP contribution is 2.23. The number of rotatable bonds is 9. The smallest absolute Gasteiger partial charge is 0.268 e. The Hall–Kier alpha value is -3.31. The fourth-order valence-corrected chi connectivity index (χ4v) is 5.37. The van der Waals surface area contributed by atoms with E-state index < -0.39 is 27.5 Å². The molecule has 2 N–H and O–H groups in total. The van der Waals surface area contributed by atoms with Crippen LogP contribution in [0.1, 0.15) is 48.4 Å². The second-order valence-electron chi connectivity index (χ2n) is 9.63. The van der Waals surface area contributed by atoms with Crippen LogP contribution in [0.2, 0.25) is 10.0 Å². The number of hydrogen-bond acceptors (Lipinski definition) is 6. The fraction of sp³-hybridized carbons (Fsp3) is 0.286. The Kier molecular flexibility index (Phi) is 10.4. The number of carbonyl (C=O) groups excluding carboxylic acids is 3. The minimum Gasteiger partial charge on any atom is -0.321 e. The molecule has 12 heteroatoms. The van der Waals surface area contributed by atoms with Crippen LogP contribution < -0.4 is 10.6 Å². The molecule has 0 saturated heterocycles. The molecule has 212 valence electrons. The minimum atomic E-state index is -3.03. The van der Waals surface area contributed by atoms with Crippen molar-refractivity contribution in [1.29, 1.82) is 0 Å². The van der Waals surface area contributed by atoms with E-state index in [0.29, 0.717) is 14.9 Å². The third-order valence-corrected chi connectivity index (χ3v) is 8.08. The first-order valence-electron chi connectivity index (χ1n) is 12.4. The lowest BCUT2D eigenvalue weighted by molar-refractivity contribution is -0.119. The molecule has 0 saturated carbocycles. The Bertz CT molecular complexity index is 1510. The third-order valence-electron chi connectivity index (χ3n) is 5.92. The lowest BCUT2D eigenvalue weighted by Gasteiger charge is -2.28. The Balaban J connectivity index is 1.77. The molecule has 0 spiro atoms. The molecule has 0 radical (unpaired) electrons. The van der Waals surface area contributed by atoms with Crippen molar-refractivity contribution in [2.24, 2.45) is 4.36 Å². The van der Waals surface area contributed by atoms with Crippen LogP contribution in [0, 0.1) is 0 Å². The van der Waals surface area contributed by atoms with Crippen LogP contribution in [-0.4, -0.2) is 56.7 Å². The first-order valence-corrected chi connectivity index (χ1v) is 15.1. The molecule has 0 aliphatic carbocycles. The van der Waals surface area contributed by atoms with Crippen LogP contribution in [-0.2, 0) is 14.5 Å². The summed E-state index contributed by atoms with van der Waals surface area (Å²) >= 11 is 11.9. The van der Waals surface area contributed by atoms with Gasteiger partial charge in [0, 0.05) is 40.0 Å². The van der Waals surface area contributed by atoms with E-state index in [4.69, 9.17) is 23.2 Å². The summed E-state index contributed by atoms with van der Waals surface area (Å²) in [6, 6.07) is 13.8. The standard InChI is InChI=1S/C28H31Cl2N5O4S/c1-17(2)35(18(3)4)16-26(36)34-40(5,39)22-10-6-19(7-11-22)27(37)32-24-12-8-20(29)14-23(24)28(38)33-25-13-9-21(30)15-31-25/h6-15,17-18H,16H2,1-5H3,(H,32,37)(H,31,33,38). The van der Waals surface area contributed by atoms with Crippen molar-refractivity contribution in [3.05, 3.63) is 82.0 Å². The van der Waals surface area contributed by atoms with Crippen molar-refractivity contribution in [2.75, 3.05) is 23.4 Å². The molecular weight excluding hydrogens is 573 g/mol. The van der Waals surface area contributed by atoms with E-state index in [1.807, 2.05) is 32.6 Å². The maximum absolute atomic E-state index is 13.2. The summed E-state index contributed by atoms with van der Waals surface area (Å²) in [4.78, 5) is 44.8. The lowest BCUT2D eigenvalue weighted by Crippen LogP contribution is -2.40. The maximum atomic E-state index is 13.2. The second kappa shape index (κ2) is 13.4. The van der Waals surface area contributed by atoms with E-state index in [9.17, 15) is 18.6 Å². The number of carbonyl (C=O) groups is 3. The monoisotopic (exact) mass is 603 g/mol. The van der Waals surface area contributed by atoms with E-state index in [1.54, 1.807) is 18.2 Å². The van der Waals surface area contributed by atoms with Gasteiger partial charge in [0.1, 0.15) is 5.82 Å². The Morgan fingerprint density at radius 2 is 1.52 bits per heavy atom. The van der Waals surface area contributed by atoms with Crippen molar-refractivity contribution in [1.82, 2.24) is 9.88 Å². The molecule has 3 aromatic rings. The molecule has 2 aromatic carbocycles. The Morgan fingerprint density at radius 3 is 2.10 bits per heavy atom. The molecule has 1 unspecified atom stereocenters. The van der Waals surface area contributed by atoms with Crippen LogP contribution in [0.15, 0.2) is 70.1 Å². The van der Waals surface area contributed by atoms with Crippen LogP contribution in [0.3, 0.4) is 0 Å². The van der Waals surface area contributed by atoms with Crippen molar-refractivity contribution in [3.8, 4) is 0 Å². The van der Waals surface area contributed by atoms with Gasteiger partial charge in [0.15, 0.2) is 0 Å². The van der Waals surface area contributed by atoms with Gasteiger partial charge in [-0.2, -0.15) is 4.36 Å². The van der Waals surface area contributed by atoms with Gasteiger partial charge in [0.25, 0.3) is 17.7 Å². The number of hydrogen-bond donors (Lipinski definition) is 2. The largest absolute Gasteiger partial charge is 0.321 e. The molecule has 40 heavy (non-hydrogen) atoms. The van der Waals surface area contributed by atoms with Gasteiger partial charge >= 0.3 is 0 Å². The summed E-state index contributed by atoms with van der Waals surface area (Å²) in [7, 11) is -3.03. The van der Waals surface area contributed by atoms with Crippen LogP contribution in [0.4, 0.5) is 11.5 Å². The summed E-state index contributed by atoms with van der Waals surface area (Å²) in [6.07, 6.45) is 2.79. The summed E-state index contributed by atoms with van der Waals surface area (Å²) < 4.78 is 17.2. The molecule has 1 heterocycles. The number of benzene rings is 2. The third kappa shape index (κ3) is 8.34. The maximum Gasteiger partial charge on any atom is 0.268 e. The van der Waals surface area contributed by atoms with Gasteiger partial charge in [-0.1, -0.05) is 23.2 Å². The first kappa shape index (κ1) is 31.2. The summed E-state index contributed by atoms with van der Waals surface area (Å²) in [5.41, 5.74) is 0.598. The molecule has 9 nitrogen and oxygen atoms in total. The molecular formula is C28H31Cl2N5O4S. The fourth-order valence-electron chi connectivity index (χ4n) is 3.89. The zero-order valence-corrected chi connectivity index (χ0v) is 25.1. The van der Waals surface area contributed by atoms with Crippen molar-refractivity contribution < 1.29 is 18.6 Å². The zero-order chi connectivity index (χ0) is 29.6. The number of pyridine rings is 1. The van der Waals surface area contributed by atoms with Gasteiger partial charge in [0.2, 0.25) is 0 Å². The van der Waals surface area contributed by atoms with Crippen molar-refractivity contribution in [2.45, 2.75) is 44.7 Å². The lowest BCUT2D eigenvalue weighted by atomic mass is 10.1. The number of anilines is 2. The topological polar surface area (TPSA) is 121 Å². The van der Waals surface area contributed by atoms with Gasteiger partial charge in [0.05, 0.1) is 32.5 Å². The molecule has 3 rings (SSSR count). The van der Waals surface area contributed by atoms with E-state index in [1.165, 1.54) is 48.9 Å². The van der Waals surface area contributed by atoms with Crippen molar-refractivity contribution >= 4 is 62.2 Å². The Morgan fingerprint density at radius 1 is 0.900 bits per heavy atom. The van der Waals surface area contributed by atoms with Gasteiger partial charge in [-0.3, -0.25) is 19.3 Å².